The fourth-order valence-corrected chi connectivity index (χ4v) is 4.18. The molecule has 0 aromatic heterocycles. The summed E-state index contributed by atoms with van der Waals surface area (Å²) in [6.45, 7) is 7.16. The van der Waals surface area contributed by atoms with Crippen molar-refractivity contribution in [3.63, 3.8) is 0 Å². The first-order valence-electron chi connectivity index (χ1n) is 8.31. The van der Waals surface area contributed by atoms with Crippen molar-refractivity contribution in [1.29, 1.82) is 0 Å². The fourth-order valence-electron chi connectivity index (χ4n) is 3.06. The number of rotatable bonds is 6. The number of amides is 1. The predicted molar refractivity (Wildman–Crippen MR) is 94.1 cm³/mol. The highest BCUT2D eigenvalue weighted by Gasteiger charge is 2.31. The summed E-state index contributed by atoms with van der Waals surface area (Å²) in [5, 5.41) is 0. The van der Waals surface area contributed by atoms with E-state index >= 15 is 0 Å². The van der Waals surface area contributed by atoms with E-state index in [-0.39, 0.29) is 29.8 Å². The van der Waals surface area contributed by atoms with E-state index in [1.165, 1.54) is 0 Å². The maximum Gasteiger partial charge on any atom is 0.240 e. The van der Waals surface area contributed by atoms with E-state index in [1.807, 2.05) is 25.7 Å². The number of aryl methyl sites for hydroxylation is 2. The van der Waals surface area contributed by atoms with Gasteiger partial charge in [0.1, 0.15) is 0 Å². The molecule has 2 atom stereocenters. The van der Waals surface area contributed by atoms with Gasteiger partial charge < -0.3 is 10.6 Å². The zero-order valence-electron chi connectivity index (χ0n) is 14.6. The molecule has 0 spiro atoms. The molecule has 2 unspecified atom stereocenters. The Kier molecular flexibility index (Phi) is 6.01. The standard InChI is InChI=1S/C17H27N3O3S/c1-12-4-5-16(8-13(12)2)24(22,23)19-7-6-17(21)20-11-15(10-18)9-14(20)3/h4-5,8,14-15,19H,6-7,9-11,18H2,1-3H3. The van der Waals surface area contributed by atoms with Crippen LogP contribution in [0, 0.1) is 19.8 Å². The Labute approximate surface area is 144 Å². The first-order valence-corrected chi connectivity index (χ1v) is 9.79. The van der Waals surface area contributed by atoms with Crippen LogP contribution in [0.2, 0.25) is 0 Å². The van der Waals surface area contributed by atoms with Gasteiger partial charge in [0, 0.05) is 25.6 Å². The van der Waals surface area contributed by atoms with E-state index in [0.29, 0.717) is 19.0 Å². The molecule has 1 aliphatic rings. The molecule has 2 rings (SSSR count). The Morgan fingerprint density at radius 1 is 1.33 bits per heavy atom. The molecule has 1 saturated heterocycles. The monoisotopic (exact) mass is 353 g/mol. The van der Waals surface area contributed by atoms with E-state index in [1.54, 1.807) is 18.2 Å². The number of nitrogens with two attached hydrogens (primary N) is 1. The number of hydrogen-bond acceptors (Lipinski definition) is 4. The van der Waals surface area contributed by atoms with Gasteiger partial charge in [-0.15, -0.1) is 0 Å². The van der Waals surface area contributed by atoms with Gasteiger partial charge in [-0.3, -0.25) is 4.79 Å². The SMILES string of the molecule is Cc1ccc(S(=O)(=O)NCCC(=O)N2CC(CN)CC2C)cc1C. The van der Waals surface area contributed by atoms with Gasteiger partial charge in [-0.25, -0.2) is 13.1 Å². The van der Waals surface area contributed by atoms with Crippen LogP contribution in [0.1, 0.15) is 30.9 Å². The molecule has 1 fully saturated rings. The van der Waals surface area contributed by atoms with Gasteiger partial charge in [0.2, 0.25) is 15.9 Å². The van der Waals surface area contributed by atoms with E-state index in [0.717, 1.165) is 17.5 Å². The maximum atomic E-state index is 12.3. The summed E-state index contributed by atoms with van der Waals surface area (Å²) in [7, 11) is -3.59. The minimum Gasteiger partial charge on any atom is -0.340 e. The molecular weight excluding hydrogens is 326 g/mol. The normalized spacial score (nSPS) is 21.2. The number of carbonyl (C=O) groups is 1. The first kappa shape index (κ1) is 18.9. The van der Waals surface area contributed by atoms with Crippen LogP contribution in [-0.4, -0.2) is 44.9 Å². The molecular formula is C17H27N3O3S. The zero-order chi connectivity index (χ0) is 17.9. The number of carbonyl (C=O) groups excluding carboxylic acids is 1. The molecule has 24 heavy (non-hydrogen) atoms. The lowest BCUT2D eigenvalue weighted by atomic mass is 10.1. The van der Waals surface area contributed by atoms with Gasteiger partial charge in [0.25, 0.3) is 0 Å². The summed E-state index contributed by atoms with van der Waals surface area (Å²) in [6.07, 6.45) is 1.07. The van der Waals surface area contributed by atoms with Crippen molar-refractivity contribution in [1.82, 2.24) is 9.62 Å². The van der Waals surface area contributed by atoms with E-state index < -0.39 is 10.0 Å². The van der Waals surface area contributed by atoms with Crippen LogP contribution in [0.15, 0.2) is 23.1 Å². The second-order valence-electron chi connectivity index (χ2n) is 6.63. The van der Waals surface area contributed by atoms with Crippen molar-refractivity contribution in [2.45, 2.75) is 44.6 Å². The number of sulfonamides is 1. The van der Waals surface area contributed by atoms with Crippen molar-refractivity contribution in [2.75, 3.05) is 19.6 Å². The minimum absolute atomic E-state index is 0.0266. The Bertz CT molecular complexity index is 703. The highest BCUT2D eigenvalue weighted by atomic mass is 32.2. The van der Waals surface area contributed by atoms with Crippen molar-refractivity contribution < 1.29 is 13.2 Å². The number of hydrogen-bond donors (Lipinski definition) is 2. The molecule has 1 aromatic rings. The van der Waals surface area contributed by atoms with E-state index in [4.69, 9.17) is 5.73 Å². The molecule has 1 aliphatic heterocycles. The molecule has 7 heteroatoms. The molecule has 134 valence electrons. The summed E-state index contributed by atoms with van der Waals surface area (Å²) in [5.41, 5.74) is 7.64. The van der Waals surface area contributed by atoms with Gasteiger partial charge in [-0.05, 0) is 62.9 Å². The molecule has 1 amide bonds. The smallest absolute Gasteiger partial charge is 0.240 e. The third-order valence-corrected chi connectivity index (χ3v) is 6.19. The van der Waals surface area contributed by atoms with Crippen molar-refractivity contribution in [3.05, 3.63) is 29.3 Å². The maximum absolute atomic E-state index is 12.3. The summed E-state index contributed by atoms with van der Waals surface area (Å²) >= 11 is 0. The molecule has 3 N–H and O–H groups in total. The Morgan fingerprint density at radius 3 is 2.62 bits per heavy atom. The fraction of sp³-hybridized carbons (Fsp3) is 0.588. The van der Waals surface area contributed by atoms with Crippen LogP contribution in [0.4, 0.5) is 0 Å². The first-order chi connectivity index (χ1) is 11.2. The number of nitrogens with one attached hydrogen (secondary N) is 1. The average molecular weight is 353 g/mol. The molecule has 0 radical (unpaired) electrons. The summed E-state index contributed by atoms with van der Waals surface area (Å²) in [6, 6.07) is 5.19. The van der Waals surface area contributed by atoms with Crippen molar-refractivity contribution in [2.24, 2.45) is 11.7 Å². The van der Waals surface area contributed by atoms with Crippen LogP contribution in [0.5, 0.6) is 0 Å². The van der Waals surface area contributed by atoms with Crippen LogP contribution in [0.3, 0.4) is 0 Å². The lowest BCUT2D eigenvalue weighted by Gasteiger charge is -2.21. The van der Waals surface area contributed by atoms with Gasteiger partial charge in [-0.1, -0.05) is 6.07 Å². The Morgan fingerprint density at radius 2 is 2.04 bits per heavy atom. The van der Waals surface area contributed by atoms with Gasteiger partial charge >= 0.3 is 0 Å². The highest BCUT2D eigenvalue weighted by molar-refractivity contribution is 7.89. The van der Waals surface area contributed by atoms with Crippen molar-refractivity contribution >= 4 is 15.9 Å². The van der Waals surface area contributed by atoms with Crippen LogP contribution in [-0.2, 0) is 14.8 Å². The quantitative estimate of drug-likeness (QED) is 0.803. The minimum atomic E-state index is -3.59. The number of benzene rings is 1. The molecule has 1 heterocycles. The topological polar surface area (TPSA) is 92.5 Å². The predicted octanol–water partition coefficient (Wildman–Crippen LogP) is 1.17. The van der Waals surface area contributed by atoms with Gasteiger partial charge in [0.05, 0.1) is 4.90 Å². The second kappa shape index (κ2) is 7.63. The van der Waals surface area contributed by atoms with Crippen molar-refractivity contribution in [3.8, 4) is 0 Å². The largest absolute Gasteiger partial charge is 0.340 e. The molecule has 0 bridgehead atoms. The molecule has 6 nitrogen and oxygen atoms in total. The van der Waals surface area contributed by atoms with Crippen LogP contribution >= 0.6 is 0 Å². The summed E-state index contributed by atoms with van der Waals surface area (Å²) < 4.78 is 27.1. The van der Waals surface area contributed by atoms with Gasteiger partial charge in [0.15, 0.2) is 0 Å². The summed E-state index contributed by atoms with van der Waals surface area (Å²) in [5.74, 6) is 0.317. The van der Waals surface area contributed by atoms with Crippen LogP contribution in [0.25, 0.3) is 0 Å². The van der Waals surface area contributed by atoms with E-state index in [9.17, 15) is 13.2 Å². The van der Waals surface area contributed by atoms with E-state index in [2.05, 4.69) is 4.72 Å². The molecule has 0 aliphatic carbocycles. The van der Waals surface area contributed by atoms with Gasteiger partial charge in [-0.2, -0.15) is 0 Å². The molecule has 0 saturated carbocycles. The Balaban J connectivity index is 1.91. The zero-order valence-corrected chi connectivity index (χ0v) is 15.4. The third kappa shape index (κ3) is 4.34. The summed E-state index contributed by atoms with van der Waals surface area (Å²) in [4.78, 5) is 14.3. The lowest BCUT2D eigenvalue weighted by molar-refractivity contribution is -0.131. The molecule has 1 aromatic carbocycles. The average Bonchev–Trinajstić information content (AvgIpc) is 2.90. The Hall–Kier alpha value is -1.44. The third-order valence-electron chi connectivity index (χ3n) is 4.73. The second-order valence-corrected chi connectivity index (χ2v) is 8.39. The number of likely N-dealkylation sites (tertiary alicyclic amines) is 1. The lowest BCUT2D eigenvalue weighted by Crippen LogP contribution is -2.37. The highest BCUT2D eigenvalue weighted by Crippen LogP contribution is 2.22. The number of nitrogens with zero attached hydrogens (tertiary/aromatic N) is 1. The van der Waals surface area contributed by atoms with Crippen LogP contribution < -0.4 is 10.5 Å².